The van der Waals surface area contributed by atoms with Crippen LogP contribution in [0.1, 0.15) is 19.4 Å². The number of carbonyl (C=O) groups is 2. The Bertz CT molecular complexity index is 870. The number of fused-ring (bicyclic) bond motifs is 1. The van der Waals surface area contributed by atoms with Gasteiger partial charge in [-0.2, -0.15) is 0 Å². The van der Waals surface area contributed by atoms with Crippen molar-refractivity contribution in [2.45, 2.75) is 32.5 Å². The zero-order valence-electron chi connectivity index (χ0n) is 16.2. The lowest BCUT2D eigenvalue weighted by Gasteiger charge is -2.35. The fourth-order valence-electron chi connectivity index (χ4n) is 4.22. The first kappa shape index (κ1) is 18.7. The number of anilines is 2. The molecular formula is C22H26N4O2. The molecule has 0 saturated carbocycles. The minimum absolute atomic E-state index is 0.00587. The second kappa shape index (κ2) is 7.73. The molecule has 4 atom stereocenters. The van der Waals surface area contributed by atoms with Crippen molar-refractivity contribution in [2.75, 3.05) is 16.9 Å². The molecular weight excluding hydrogens is 352 g/mol. The summed E-state index contributed by atoms with van der Waals surface area (Å²) in [5.41, 5.74) is 6.24. The zero-order valence-corrected chi connectivity index (χ0v) is 16.2. The third kappa shape index (κ3) is 3.30. The quantitative estimate of drug-likeness (QED) is 0.712. The average Bonchev–Trinajstić information content (AvgIpc) is 3.06. The van der Waals surface area contributed by atoms with Gasteiger partial charge >= 0.3 is 0 Å². The van der Waals surface area contributed by atoms with Crippen molar-refractivity contribution in [3.8, 4) is 0 Å². The molecule has 28 heavy (non-hydrogen) atoms. The summed E-state index contributed by atoms with van der Waals surface area (Å²) in [5, 5.41) is 8.39. The van der Waals surface area contributed by atoms with E-state index in [4.69, 9.17) is 0 Å². The van der Waals surface area contributed by atoms with Gasteiger partial charge in [0.15, 0.2) is 5.78 Å². The minimum atomic E-state index is -0.689. The third-order valence-corrected chi connectivity index (χ3v) is 5.71. The van der Waals surface area contributed by atoms with Crippen molar-refractivity contribution in [1.29, 1.82) is 0 Å². The van der Waals surface area contributed by atoms with Crippen LogP contribution in [0.5, 0.6) is 0 Å². The SMILES string of the molecule is CCc1ccccc1NC(=O)C1CNC2C(C1=O)C(C)NN2c1ccccc1. The molecule has 2 aliphatic rings. The van der Waals surface area contributed by atoms with Gasteiger partial charge < -0.3 is 5.32 Å². The molecule has 146 valence electrons. The van der Waals surface area contributed by atoms with Crippen LogP contribution in [-0.2, 0) is 16.0 Å². The summed E-state index contributed by atoms with van der Waals surface area (Å²) in [6.45, 7) is 4.37. The average molecular weight is 378 g/mol. The lowest BCUT2D eigenvalue weighted by atomic mass is 9.83. The molecule has 2 aromatic carbocycles. The Morgan fingerprint density at radius 1 is 1.14 bits per heavy atom. The molecule has 0 radical (unpaired) electrons. The highest BCUT2D eigenvalue weighted by atomic mass is 16.2. The molecule has 2 heterocycles. The number of nitrogens with one attached hydrogen (secondary N) is 3. The van der Waals surface area contributed by atoms with Gasteiger partial charge in [-0.15, -0.1) is 0 Å². The number of amides is 1. The topological polar surface area (TPSA) is 73.5 Å². The number of rotatable bonds is 4. The van der Waals surface area contributed by atoms with Crippen LogP contribution in [0.15, 0.2) is 54.6 Å². The number of piperidine rings is 1. The van der Waals surface area contributed by atoms with E-state index in [0.29, 0.717) is 6.54 Å². The molecule has 0 spiro atoms. The summed E-state index contributed by atoms with van der Waals surface area (Å²) in [4.78, 5) is 26.1. The van der Waals surface area contributed by atoms with Gasteiger partial charge in [-0.25, -0.2) is 5.43 Å². The van der Waals surface area contributed by atoms with Crippen molar-refractivity contribution in [2.24, 2.45) is 11.8 Å². The fraction of sp³-hybridized carbons (Fsp3) is 0.364. The van der Waals surface area contributed by atoms with Crippen LogP contribution in [0, 0.1) is 11.8 Å². The van der Waals surface area contributed by atoms with E-state index >= 15 is 0 Å². The van der Waals surface area contributed by atoms with Gasteiger partial charge in [-0.05, 0) is 37.1 Å². The van der Waals surface area contributed by atoms with E-state index in [9.17, 15) is 9.59 Å². The summed E-state index contributed by atoms with van der Waals surface area (Å²) in [5.74, 6) is -1.21. The summed E-state index contributed by atoms with van der Waals surface area (Å²) in [6.07, 6.45) is 0.669. The molecule has 2 aliphatic heterocycles. The molecule has 2 fully saturated rings. The van der Waals surface area contributed by atoms with Gasteiger partial charge in [0.2, 0.25) is 5.91 Å². The Morgan fingerprint density at radius 2 is 1.86 bits per heavy atom. The van der Waals surface area contributed by atoms with E-state index in [0.717, 1.165) is 23.4 Å². The summed E-state index contributed by atoms with van der Waals surface area (Å²) in [7, 11) is 0. The monoisotopic (exact) mass is 378 g/mol. The lowest BCUT2D eigenvalue weighted by Crippen LogP contribution is -2.58. The molecule has 2 aromatic rings. The number of benzene rings is 2. The van der Waals surface area contributed by atoms with Crippen LogP contribution in [0.25, 0.3) is 0 Å². The molecule has 4 rings (SSSR count). The number of hydrazine groups is 1. The van der Waals surface area contributed by atoms with Crippen molar-refractivity contribution in [3.63, 3.8) is 0 Å². The Labute approximate surface area is 165 Å². The standard InChI is InChI=1S/C22H26N4O2/c1-3-15-9-7-8-12-18(15)24-22(28)17-13-23-21-19(20(17)27)14(2)25-26(21)16-10-5-4-6-11-16/h4-12,14,17,19,21,23,25H,3,13H2,1-2H3,(H,24,28). The number of para-hydroxylation sites is 2. The normalized spacial score (nSPS) is 26.8. The van der Waals surface area contributed by atoms with E-state index in [1.165, 1.54) is 0 Å². The molecule has 4 unspecified atom stereocenters. The van der Waals surface area contributed by atoms with Gasteiger partial charge in [0, 0.05) is 18.3 Å². The first-order chi connectivity index (χ1) is 13.6. The van der Waals surface area contributed by atoms with Gasteiger partial charge in [-0.1, -0.05) is 43.3 Å². The predicted molar refractivity (Wildman–Crippen MR) is 110 cm³/mol. The molecule has 6 heteroatoms. The molecule has 6 nitrogen and oxygen atoms in total. The predicted octanol–water partition coefficient (Wildman–Crippen LogP) is 2.33. The number of carbonyl (C=O) groups excluding carboxylic acids is 2. The number of hydrogen-bond acceptors (Lipinski definition) is 5. The van der Waals surface area contributed by atoms with Gasteiger partial charge in [0.05, 0.1) is 11.6 Å². The largest absolute Gasteiger partial charge is 0.325 e. The van der Waals surface area contributed by atoms with E-state index < -0.39 is 5.92 Å². The number of aryl methyl sites for hydroxylation is 1. The van der Waals surface area contributed by atoms with Crippen LogP contribution < -0.4 is 21.1 Å². The van der Waals surface area contributed by atoms with E-state index in [1.807, 2.05) is 73.5 Å². The molecule has 0 bridgehead atoms. The number of nitrogens with zero attached hydrogens (tertiary/aromatic N) is 1. The maximum atomic E-state index is 13.2. The highest BCUT2D eigenvalue weighted by molar-refractivity contribution is 6.09. The molecule has 2 saturated heterocycles. The van der Waals surface area contributed by atoms with Crippen molar-refractivity contribution in [3.05, 3.63) is 60.2 Å². The number of hydrogen-bond donors (Lipinski definition) is 3. The van der Waals surface area contributed by atoms with Crippen LogP contribution in [0.4, 0.5) is 11.4 Å². The zero-order chi connectivity index (χ0) is 19.7. The van der Waals surface area contributed by atoms with Crippen LogP contribution in [-0.4, -0.2) is 30.4 Å². The molecule has 0 aliphatic carbocycles. The smallest absolute Gasteiger partial charge is 0.236 e. The van der Waals surface area contributed by atoms with E-state index in [2.05, 4.69) is 16.1 Å². The second-order valence-corrected chi connectivity index (χ2v) is 7.46. The van der Waals surface area contributed by atoms with E-state index in [1.54, 1.807) is 0 Å². The van der Waals surface area contributed by atoms with Gasteiger partial charge in [0.1, 0.15) is 12.1 Å². The highest BCUT2D eigenvalue weighted by Crippen LogP contribution is 2.32. The first-order valence-electron chi connectivity index (χ1n) is 9.86. The molecule has 0 aromatic heterocycles. The first-order valence-corrected chi connectivity index (χ1v) is 9.86. The molecule has 1 amide bonds. The third-order valence-electron chi connectivity index (χ3n) is 5.71. The Kier molecular flexibility index (Phi) is 5.15. The van der Waals surface area contributed by atoms with Crippen molar-refractivity contribution in [1.82, 2.24) is 10.7 Å². The Hall–Kier alpha value is -2.70. The summed E-state index contributed by atoms with van der Waals surface area (Å²) >= 11 is 0. The van der Waals surface area contributed by atoms with E-state index in [-0.39, 0.29) is 29.8 Å². The van der Waals surface area contributed by atoms with Gasteiger partial charge in [0.25, 0.3) is 0 Å². The maximum Gasteiger partial charge on any atom is 0.236 e. The van der Waals surface area contributed by atoms with Crippen molar-refractivity contribution >= 4 is 23.1 Å². The molecule has 3 N–H and O–H groups in total. The van der Waals surface area contributed by atoms with Crippen LogP contribution in [0.3, 0.4) is 0 Å². The highest BCUT2D eigenvalue weighted by Gasteiger charge is 2.50. The van der Waals surface area contributed by atoms with Crippen molar-refractivity contribution < 1.29 is 9.59 Å². The maximum absolute atomic E-state index is 13.2. The summed E-state index contributed by atoms with van der Waals surface area (Å²) < 4.78 is 0. The number of ketones is 1. The van der Waals surface area contributed by atoms with Crippen LogP contribution >= 0.6 is 0 Å². The summed E-state index contributed by atoms with van der Waals surface area (Å²) in [6, 6.07) is 17.6. The van der Waals surface area contributed by atoms with Crippen LogP contribution in [0.2, 0.25) is 0 Å². The minimum Gasteiger partial charge on any atom is -0.325 e. The lowest BCUT2D eigenvalue weighted by molar-refractivity contribution is -0.136. The Balaban J connectivity index is 1.51. The fourth-order valence-corrected chi connectivity index (χ4v) is 4.22. The number of Topliss-reactive ketones (excluding diaryl/α,β-unsaturated/α-hetero) is 1. The Morgan fingerprint density at radius 3 is 2.61 bits per heavy atom. The van der Waals surface area contributed by atoms with Gasteiger partial charge in [-0.3, -0.25) is 19.9 Å². The second-order valence-electron chi connectivity index (χ2n) is 7.46.